The van der Waals surface area contributed by atoms with Crippen molar-refractivity contribution in [3.05, 3.63) is 90.5 Å². The van der Waals surface area contributed by atoms with Crippen LogP contribution in [0.2, 0.25) is 0 Å². The van der Waals surface area contributed by atoms with Gasteiger partial charge < -0.3 is 14.6 Å². The number of carboxylic acids is 1. The highest BCUT2D eigenvalue weighted by Gasteiger charge is 2.22. The summed E-state index contributed by atoms with van der Waals surface area (Å²) in [5.74, 6) is 0.831. The van der Waals surface area contributed by atoms with Crippen LogP contribution in [-0.2, 0) is 11.2 Å². The van der Waals surface area contributed by atoms with Gasteiger partial charge in [0.15, 0.2) is 6.10 Å². The Morgan fingerprint density at radius 3 is 2.00 bits per heavy atom. The van der Waals surface area contributed by atoms with Crippen LogP contribution in [0.1, 0.15) is 5.56 Å². The van der Waals surface area contributed by atoms with Gasteiger partial charge in [0.25, 0.3) is 0 Å². The van der Waals surface area contributed by atoms with Crippen molar-refractivity contribution in [1.82, 2.24) is 0 Å². The molecule has 0 saturated heterocycles. The van der Waals surface area contributed by atoms with Crippen LogP contribution < -0.4 is 9.47 Å². The molecule has 126 valence electrons. The van der Waals surface area contributed by atoms with Gasteiger partial charge in [-0.15, -0.1) is 0 Å². The van der Waals surface area contributed by atoms with Gasteiger partial charge in [0.1, 0.15) is 17.2 Å². The van der Waals surface area contributed by atoms with Crippen LogP contribution in [0.4, 0.5) is 0 Å². The lowest BCUT2D eigenvalue weighted by molar-refractivity contribution is -0.145. The van der Waals surface area contributed by atoms with Crippen molar-refractivity contribution in [3.8, 4) is 17.2 Å². The number of benzene rings is 3. The molecule has 0 aliphatic rings. The molecule has 3 aromatic carbocycles. The van der Waals surface area contributed by atoms with Crippen molar-refractivity contribution in [1.29, 1.82) is 0 Å². The predicted molar refractivity (Wildman–Crippen MR) is 95.2 cm³/mol. The van der Waals surface area contributed by atoms with Crippen LogP contribution in [0.3, 0.4) is 0 Å². The molecule has 0 heterocycles. The van der Waals surface area contributed by atoms with E-state index in [4.69, 9.17) is 9.47 Å². The zero-order valence-electron chi connectivity index (χ0n) is 13.5. The van der Waals surface area contributed by atoms with Crippen LogP contribution in [0.5, 0.6) is 17.2 Å². The molecule has 0 amide bonds. The first-order chi connectivity index (χ1) is 12.2. The van der Waals surface area contributed by atoms with Crippen molar-refractivity contribution in [2.45, 2.75) is 12.5 Å². The van der Waals surface area contributed by atoms with Gasteiger partial charge >= 0.3 is 5.97 Å². The molecule has 0 radical (unpaired) electrons. The van der Waals surface area contributed by atoms with Gasteiger partial charge in [0.2, 0.25) is 0 Å². The highest BCUT2D eigenvalue weighted by molar-refractivity contribution is 5.73. The summed E-state index contributed by atoms with van der Waals surface area (Å²) in [4.78, 5) is 11.6. The van der Waals surface area contributed by atoms with Crippen molar-refractivity contribution < 1.29 is 19.4 Å². The summed E-state index contributed by atoms with van der Waals surface area (Å²) < 4.78 is 11.5. The molecule has 0 spiro atoms. The summed E-state index contributed by atoms with van der Waals surface area (Å²) in [6.45, 7) is 0. The Kier molecular flexibility index (Phi) is 5.32. The Hall–Kier alpha value is -3.27. The van der Waals surface area contributed by atoms with Gasteiger partial charge in [-0.3, -0.25) is 0 Å². The highest BCUT2D eigenvalue weighted by atomic mass is 16.5. The second-order valence-electron chi connectivity index (χ2n) is 5.48. The first-order valence-corrected chi connectivity index (χ1v) is 7.97. The molecule has 1 atom stereocenters. The fraction of sp³-hybridized carbons (Fsp3) is 0.0952. The lowest BCUT2D eigenvalue weighted by Gasteiger charge is -2.17. The Balaban J connectivity index is 1.79. The zero-order chi connectivity index (χ0) is 17.5. The number of carbonyl (C=O) groups is 1. The van der Waals surface area contributed by atoms with Crippen LogP contribution in [-0.4, -0.2) is 17.2 Å². The molecule has 0 unspecified atom stereocenters. The summed E-state index contributed by atoms with van der Waals surface area (Å²) in [5, 5.41) is 9.51. The van der Waals surface area contributed by atoms with Crippen LogP contribution in [0, 0.1) is 0 Å². The number of para-hydroxylation sites is 3. The average molecular weight is 334 g/mol. The van der Waals surface area contributed by atoms with Crippen molar-refractivity contribution >= 4 is 5.97 Å². The molecule has 0 aliphatic heterocycles. The number of rotatable bonds is 7. The maximum absolute atomic E-state index is 11.6. The van der Waals surface area contributed by atoms with Gasteiger partial charge in [0.05, 0.1) is 0 Å². The second kappa shape index (κ2) is 8.02. The molecule has 0 bridgehead atoms. The lowest BCUT2D eigenvalue weighted by atomic mass is 10.1. The smallest absolute Gasteiger partial charge is 0.345 e. The summed E-state index contributed by atoms with van der Waals surface area (Å²) in [6.07, 6.45) is -0.796. The van der Waals surface area contributed by atoms with E-state index in [1.807, 2.05) is 60.7 Å². The largest absolute Gasteiger partial charge is 0.478 e. The third kappa shape index (κ3) is 4.61. The third-order valence-electron chi connectivity index (χ3n) is 3.65. The number of hydrogen-bond acceptors (Lipinski definition) is 3. The number of ether oxygens (including phenoxy) is 2. The minimum Gasteiger partial charge on any atom is -0.478 e. The third-order valence-corrected chi connectivity index (χ3v) is 3.65. The number of hydrogen-bond donors (Lipinski definition) is 1. The first kappa shape index (κ1) is 16.6. The first-order valence-electron chi connectivity index (χ1n) is 7.97. The molecule has 4 nitrogen and oxygen atoms in total. The Bertz CT molecular complexity index is 816. The van der Waals surface area contributed by atoms with E-state index in [2.05, 4.69) is 0 Å². The maximum atomic E-state index is 11.6. The minimum atomic E-state index is -1.02. The monoisotopic (exact) mass is 334 g/mol. The molecular formula is C21H18O4. The normalized spacial score (nSPS) is 11.5. The van der Waals surface area contributed by atoms with E-state index in [0.717, 1.165) is 5.56 Å². The molecule has 3 rings (SSSR count). The summed E-state index contributed by atoms with van der Waals surface area (Å²) in [6, 6.07) is 25.7. The van der Waals surface area contributed by atoms with Crippen molar-refractivity contribution in [2.24, 2.45) is 0 Å². The Labute approximate surface area is 146 Å². The fourth-order valence-corrected chi connectivity index (χ4v) is 2.43. The molecule has 0 aliphatic carbocycles. The van der Waals surface area contributed by atoms with Crippen molar-refractivity contribution in [2.75, 3.05) is 0 Å². The Morgan fingerprint density at radius 2 is 1.36 bits per heavy atom. The topological polar surface area (TPSA) is 55.8 Å². The van der Waals surface area contributed by atoms with E-state index >= 15 is 0 Å². The van der Waals surface area contributed by atoms with E-state index in [-0.39, 0.29) is 6.42 Å². The van der Waals surface area contributed by atoms with E-state index in [1.165, 1.54) is 0 Å². The van der Waals surface area contributed by atoms with E-state index < -0.39 is 12.1 Å². The van der Waals surface area contributed by atoms with Crippen LogP contribution >= 0.6 is 0 Å². The standard InChI is InChI=1S/C21H18O4/c22-21(23)20(25-18-12-5-2-6-13-18)15-16-9-7-8-14-19(16)24-17-10-3-1-4-11-17/h1-14,20H,15H2,(H,22,23)/t20-/m1/s1. The number of aliphatic carboxylic acids is 1. The van der Waals surface area contributed by atoms with Gasteiger partial charge in [-0.2, -0.15) is 0 Å². The van der Waals surface area contributed by atoms with E-state index in [0.29, 0.717) is 17.2 Å². The van der Waals surface area contributed by atoms with Crippen LogP contribution in [0.15, 0.2) is 84.9 Å². The van der Waals surface area contributed by atoms with E-state index in [1.54, 1.807) is 24.3 Å². The Morgan fingerprint density at radius 1 is 0.800 bits per heavy atom. The maximum Gasteiger partial charge on any atom is 0.345 e. The van der Waals surface area contributed by atoms with Gasteiger partial charge in [0, 0.05) is 6.42 Å². The molecule has 0 fully saturated rings. The highest BCUT2D eigenvalue weighted by Crippen LogP contribution is 2.27. The molecule has 25 heavy (non-hydrogen) atoms. The summed E-state index contributed by atoms with van der Waals surface area (Å²) in [7, 11) is 0. The van der Waals surface area contributed by atoms with E-state index in [9.17, 15) is 9.90 Å². The molecular weight excluding hydrogens is 316 g/mol. The van der Waals surface area contributed by atoms with Crippen molar-refractivity contribution in [3.63, 3.8) is 0 Å². The van der Waals surface area contributed by atoms with Gasteiger partial charge in [-0.05, 0) is 35.9 Å². The quantitative estimate of drug-likeness (QED) is 0.688. The van der Waals surface area contributed by atoms with Gasteiger partial charge in [-0.25, -0.2) is 4.79 Å². The molecule has 4 heteroatoms. The molecule has 1 N–H and O–H groups in total. The summed E-state index contributed by atoms with van der Waals surface area (Å²) in [5.41, 5.74) is 0.773. The minimum absolute atomic E-state index is 0.202. The van der Waals surface area contributed by atoms with Crippen LogP contribution in [0.25, 0.3) is 0 Å². The average Bonchev–Trinajstić information content (AvgIpc) is 2.64. The predicted octanol–water partition coefficient (Wildman–Crippen LogP) is 4.55. The molecule has 0 saturated carbocycles. The summed E-state index contributed by atoms with van der Waals surface area (Å²) >= 11 is 0. The number of carboxylic acid groups (broad SMARTS) is 1. The zero-order valence-corrected chi connectivity index (χ0v) is 13.5. The fourth-order valence-electron chi connectivity index (χ4n) is 2.43. The molecule has 0 aromatic heterocycles. The molecule has 3 aromatic rings. The van der Waals surface area contributed by atoms with Gasteiger partial charge in [-0.1, -0.05) is 54.6 Å². The second-order valence-corrected chi connectivity index (χ2v) is 5.48. The lowest BCUT2D eigenvalue weighted by Crippen LogP contribution is -2.29. The SMILES string of the molecule is O=C(O)[C@@H](Cc1ccccc1Oc1ccccc1)Oc1ccccc1.